The predicted molar refractivity (Wildman–Crippen MR) is 78.7 cm³/mol. The molecule has 0 amide bonds. The summed E-state index contributed by atoms with van der Waals surface area (Å²) in [4.78, 5) is 0. The SMILES string of the molecule is CCC(CC)C(C)(N)c1ccc2c(c1)CCCC2. The van der Waals surface area contributed by atoms with Crippen molar-refractivity contribution < 1.29 is 0 Å². The van der Waals surface area contributed by atoms with Gasteiger partial charge in [0, 0.05) is 5.54 Å². The van der Waals surface area contributed by atoms with Crippen LogP contribution in [0.15, 0.2) is 18.2 Å². The van der Waals surface area contributed by atoms with Crippen molar-refractivity contribution in [1.29, 1.82) is 0 Å². The van der Waals surface area contributed by atoms with Crippen molar-refractivity contribution >= 4 is 0 Å². The second kappa shape index (κ2) is 5.44. The zero-order valence-corrected chi connectivity index (χ0v) is 12.1. The molecule has 0 aromatic heterocycles. The van der Waals surface area contributed by atoms with Gasteiger partial charge in [0.15, 0.2) is 0 Å². The van der Waals surface area contributed by atoms with Gasteiger partial charge in [0.2, 0.25) is 0 Å². The van der Waals surface area contributed by atoms with E-state index in [2.05, 4.69) is 39.0 Å². The van der Waals surface area contributed by atoms with E-state index in [1.54, 1.807) is 11.1 Å². The molecule has 1 aromatic carbocycles. The molecule has 0 radical (unpaired) electrons. The molecule has 0 spiro atoms. The van der Waals surface area contributed by atoms with E-state index in [1.165, 1.54) is 31.2 Å². The van der Waals surface area contributed by atoms with Gasteiger partial charge in [0.25, 0.3) is 0 Å². The van der Waals surface area contributed by atoms with Gasteiger partial charge >= 0.3 is 0 Å². The van der Waals surface area contributed by atoms with Crippen molar-refractivity contribution in [1.82, 2.24) is 0 Å². The summed E-state index contributed by atoms with van der Waals surface area (Å²) in [6.45, 7) is 6.70. The summed E-state index contributed by atoms with van der Waals surface area (Å²) in [6, 6.07) is 6.96. The lowest BCUT2D eigenvalue weighted by Gasteiger charge is -2.34. The van der Waals surface area contributed by atoms with E-state index in [0.29, 0.717) is 5.92 Å². The third kappa shape index (κ3) is 2.47. The van der Waals surface area contributed by atoms with Crippen molar-refractivity contribution in [3.8, 4) is 0 Å². The lowest BCUT2D eigenvalue weighted by Crippen LogP contribution is -2.41. The second-order valence-electron chi connectivity index (χ2n) is 5.99. The lowest BCUT2D eigenvalue weighted by molar-refractivity contribution is 0.282. The molecule has 0 heterocycles. The Morgan fingerprint density at radius 1 is 1.11 bits per heavy atom. The van der Waals surface area contributed by atoms with Gasteiger partial charge in [-0.15, -0.1) is 0 Å². The summed E-state index contributed by atoms with van der Waals surface area (Å²) in [5.74, 6) is 0.569. The Morgan fingerprint density at radius 3 is 2.33 bits per heavy atom. The minimum atomic E-state index is -0.185. The summed E-state index contributed by atoms with van der Waals surface area (Å²) in [5, 5.41) is 0. The van der Waals surface area contributed by atoms with Crippen LogP contribution in [-0.2, 0) is 18.4 Å². The van der Waals surface area contributed by atoms with Gasteiger partial charge in [0.1, 0.15) is 0 Å². The fourth-order valence-electron chi connectivity index (χ4n) is 3.44. The molecule has 2 N–H and O–H groups in total. The molecule has 1 aromatic rings. The molecule has 0 saturated carbocycles. The van der Waals surface area contributed by atoms with Crippen molar-refractivity contribution in [2.45, 2.75) is 64.8 Å². The zero-order valence-electron chi connectivity index (χ0n) is 12.1. The Kier molecular flexibility index (Phi) is 4.11. The Hall–Kier alpha value is -0.820. The van der Waals surface area contributed by atoms with Crippen molar-refractivity contribution in [2.75, 3.05) is 0 Å². The normalized spacial score (nSPS) is 18.5. The van der Waals surface area contributed by atoms with Crippen LogP contribution >= 0.6 is 0 Å². The first-order chi connectivity index (χ1) is 8.59. The maximum atomic E-state index is 6.64. The molecule has 0 aliphatic heterocycles. The molecule has 1 aliphatic carbocycles. The third-order valence-electron chi connectivity index (χ3n) is 4.80. The van der Waals surface area contributed by atoms with Crippen LogP contribution in [0.5, 0.6) is 0 Å². The Labute approximate surface area is 112 Å². The lowest BCUT2D eigenvalue weighted by atomic mass is 9.76. The highest BCUT2D eigenvalue weighted by molar-refractivity contribution is 5.37. The summed E-state index contributed by atoms with van der Waals surface area (Å²) in [7, 11) is 0. The predicted octanol–water partition coefficient (Wildman–Crippen LogP) is 4.18. The number of hydrogen-bond acceptors (Lipinski definition) is 1. The number of nitrogens with two attached hydrogens (primary N) is 1. The number of benzene rings is 1. The molecule has 2 rings (SSSR count). The maximum absolute atomic E-state index is 6.64. The quantitative estimate of drug-likeness (QED) is 0.846. The van der Waals surface area contributed by atoms with E-state index in [0.717, 1.165) is 12.8 Å². The summed E-state index contributed by atoms with van der Waals surface area (Å²) in [5.41, 5.74) is 10.9. The van der Waals surface area contributed by atoms with Gasteiger partial charge in [-0.25, -0.2) is 0 Å². The fourth-order valence-corrected chi connectivity index (χ4v) is 3.44. The van der Waals surface area contributed by atoms with Crippen LogP contribution in [0.2, 0.25) is 0 Å². The van der Waals surface area contributed by atoms with E-state index in [1.807, 2.05) is 0 Å². The Balaban J connectivity index is 2.32. The van der Waals surface area contributed by atoms with Crippen LogP contribution in [0.25, 0.3) is 0 Å². The fraction of sp³-hybridized carbons (Fsp3) is 0.647. The van der Waals surface area contributed by atoms with Gasteiger partial charge in [0.05, 0.1) is 0 Å². The van der Waals surface area contributed by atoms with Crippen LogP contribution in [0.3, 0.4) is 0 Å². The smallest absolute Gasteiger partial charge is 0.0409 e. The van der Waals surface area contributed by atoms with Crippen LogP contribution < -0.4 is 5.73 Å². The number of fused-ring (bicyclic) bond motifs is 1. The van der Waals surface area contributed by atoms with Crippen molar-refractivity contribution in [3.05, 3.63) is 34.9 Å². The highest BCUT2D eigenvalue weighted by atomic mass is 14.7. The average Bonchev–Trinajstić information content (AvgIpc) is 2.39. The van der Waals surface area contributed by atoms with Crippen molar-refractivity contribution in [2.24, 2.45) is 11.7 Å². The highest BCUT2D eigenvalue weighted by Gasteiger charge is 2.30. The van der Waals surface area contributed by atoms with Crippen LogP contribution in [-0.4, -0.2) is 0 Å². The molecular weight excluding hydrogens is 218 g/mol. The summed E-state index contributed by atoms with van der Waals surface area (Å²) in [6.07, 6.45) is 7.48. The number of hydrogen-bond donors (Lipinski definition) is 1. The van der Waals surface area contributed by atoms with E-state index in [-0.39, 0.29) is 5.54 Å². The molecule has 0 fully saturated rings. The van der Waals surface area contributed by atoms with Gasteiger partial charge in [-0.3, -0.25) is 0 Å². The van der Waals surface area contributed by atoms with E-state index >= 15 is 0 Å². The largest absolute Gasteiger partial charge is 0.321 e. The van der Waals surface area contributed by atoms with Crippen LogP contribution in [0.1, 0.15) is 63.1 Å². The standard InChI is InChI=1S/C17H27N/c1-4-15(5-2)17(3,18)16-11-10-13-8-6-7-9-14(13)12-16/h10-12,15H,4-9,18H2,1-3H3. The van der Waals surface area contributed by atoms with Gasteiger partial charge in [-0.1, -0.05) is 44.9 Å². The second-order valence-corrected chi connectivity index (χ2v) is 5.99. The molecule has 1 aliphatic rings. The Bertz CT molecular complexity index is 402. The summed E-state index contributed by atoms with van der Waals surface area (Å²) < 4.78 is 0. The molecule has 0 saturated heterocycles. The van der Waals surface area contributed by atoms with Crippen LogP contribution in [0, 0.1) is 5.92 Å². The number of rotatable bonds is 4. The van der Waals surface area contributed by atoms with Gasteiger partial charge < -0.3 is 5.73 Å². The first kappa shape index (κ1) is 13.6. The molecular formula is C17H27N. The van der Waals surface area contributed by atoms with Gasteiger partial charge in [-0.05, 0) is 55.2 Å². The zero-order chi connectivity index (χ0) is 13.2. The molecule has 1 atom stereocenters. The van der Waals surface area contributed by atoms with E-state index in [4.69, 9.17) is 5.73 Å². The van der Waals surface area contributed by atoms with Crippen molar-refractivity contribution in [3.63, 3.8) is 0 Å². The third-order valence-corrected chi connectivity index (χ3v) is 4.80. The minimum Gasteiger partial charge on any atom is -0.321 e. The van der Waals surface area contributed by atoms with E-state index < -0.39 is 0 Å². The first-order valence-corrected chi connectivity index (χ1v) is 7.50. The topological polar surface area (TPSA) is 26.0 Å². The summed E-state index contributed by atoms with van der Waals surface area (Å²) >= 11 is 0. The first-order valence-electron chi connectivity index (χ1n) is 7.50. The minimum absolute atomic E-state index is 0.185. The molecule has 1 heteroatoms. The monoisotopic (exact) mass is 245 g/mol. The Morgan fingerprint density at radius 2 is 1.72 bits per heavy atom. The van der Waals surface area contributed by atoms with Crippen LogP contribution in [0.4, 0.5) is 0 Å². The molecule has 0 bridgehead atoms. The van der Waals surface area contributed by atoms with Gasteiger partial charge in [-0.2, -0.15) is 0 Å². The average molecular weight is 245 g/mol. The molecule has 100 valence electrons. The maximum Gasteiger partial charge on any atom is 0.0409 e. The molecule has 1 unspecified atom stereocenters. The highest BCUT2D eigenvalue weighted by Crippen LogP contribution is 2.33. The van der Waals surface area contributed by atoms with E-state index in [9.17, 15) is 0 Å². The molecule has 1 nitrogen and oxygen atoms in total. The molecule has 18 heavy (non-hydrogen) atoms. The number of aryl methyl sites for hydroxylation is 2.